The second kappa shape index (κ2) is 7.75. The molecule has 138 valence electrons. The van der Waals surface area contributed by atoms with Gasteiger partial charge in [-0.1, -0.05) is 29.8 Å². The van der Waals surface area contributed by atoms with E-state index < -0.39 is 15.6 Å². The Balaban J connectivity index is 1.97. The molecule has 1 aromatic carbocycles. The molecule has 8 nitrogen and oxygen atoms in total. The summed E-state index contributed by atoms with van der Waals surface area (Å²) in [6.07, 6.45) is 1.38. The van der Waals surface area contributed by atoms with Crippen LogP contribution in [0.25, 0.3) is 6.08 Å². The van der Waals surface area contributed by atoms with Crippen molar-refractivity contribution in [3.8, 4) is 0 Å². The largest absolute Gasteiger partial charge is 0.379 e. The van der Waals surface area contributed by atoms with Gasteiger partial charge >= 0.3 is 0 Å². The molecule has 0 spiro atoms. The van der Waals surface area contributed by atoms with E-state index in [1.165, 1.54) is 18.2 Å². The molecule has 0 atom stereocenters. The Hall–Kier alpha value is -1.94. The zero-order valence-corrected chi connectivity index (χ0v) is 15.7. The molecule has 1 aliphatic rings. The first-order valence-corrected chi connectivity index (χ1v) is 10.1. The molecular weight excluding hydrogens is 403 g/mol. The lowest BCUT2D eigenvalue weighted by Crippen LogP contribution is -2.25. The number of ether oxygens (including phenoxy) is 1. The summed E-state index contributed by atoms with van der Waals surface area (Å²) in [5.74, 6) is 0.0981. The second-order valence-electron chi connectivity index (χ2n) is 5.30. The fourth-order valence-electron chi connectivity index (χ4n) is 2.23. The van der Waals surface area contributed by atoms with Gasteiger partial charge in [0.2, 0.25) is 5.82 Å². The Labute approximate surface area is 159 Å². The van der Waals surface area contributed by atoms with Crippen molar-refractivity contribution in [3.63, 3.8) is 0 Å². The van der Waals surface area contributed by atoms with Gasteiger partial charge in [0.25, 0.3) is 5.91 Å². The van der Waals surface area contributed by atoms with Gasteiger partial charge in [0.05, 0.1) is 50.1 Å². The molecule has 1 amide bonds. The van der Waals surface area contributed by atoms with Gasteiger partial charge in [0.15, 0.2) is 5.69 Å². The van der Waals surface area contributed by atoms with Crippen LogP contribution >= 0.6 is 23.2 Å². The number of carbonyl (C=O) groups is 1. The number of carbonyl (C=O) groups excluding carboxylic acids is 1. The van der Waals surface area contributed by atoms with Crippen molar-refractivity contribution >= 4 is 56.4 Å². The Morgan fingerprint density at radius 1 is 1.31 bits per heavy atom. The standard InChI is InChI=1S/C15H14Cl2N4O4S/c1-2-11-14(20-25-19-11)18-15(22)9-3-4-10(16)13(12(9)17)21-26(23)7-5-24-6-8-26/h2-4H,1,5-8H2,(H,18,20,22). The van der Waals surface area contributed by atoms with Crippen LogP contribution in [0.5, 0.6) is 0 Å². The second-order valence-corrected chi connectivity index (χ2v) is 8.63. The zero-order chi connectivity index (χ0) is 18.7. The van der Waals surface area contributed by atoms with Crippen LogP contribution in [0.1, 0.15) is 16.1 Å². The van der Waals surface area contributed by atoms with Gasteiger partial charge in [-0.25, -0.2) is 8.84 Å². The maximum atomic E-state index is 12.8. The third-order valence-electron chi connectivity index (χ3n) is 3.60. The van der Waals surface area contributed by atoms with E-state index in [9.17, 15) is 9.00 Å². The number of benzene rings is 1. The fourth-order valence-corrected chi connectivity index (χ4v) is 4.54. The quantitative estimate of drug-likeness (QED) is 0.817. The molecule has 0 radical (unpaired) electrons. The zero-order valence-electron chi connectivity index (χ0n) is 13.4. The molecule has 1 saturated heterocycles. The van der Waals surface area contributed by atoms with E-state index in [-0.39, 0.29) is 44.3 Å². The highest BCUT2D eigenvalue weighted by atomic mass is 35.5. The number of hydrogen-bond donors (Lipinski definition) is 1. The summed E-state index contributed by atoms with van der Waals surface area (Å²) in [5, 5.41) is 9.89. The first-order chi connectivity index (χ1) is 12.4. The van der Waals surface area contributed by atoms with Gasteiger partial charge in [-0.15, -0.1) is 0 Å². The molecule has 0 unspecified atom stereocenters. The fraction of sp³-hybridized carbons (Fsp3) is 0.267. The van der Waals surface area contributed by atoms with Crippen LogP contribution < -0.4 is 5.32 Å². The maximum absolute atomic E-state index is 12.8. The summed E-state index contributed by atoms with van der Waals surface area (Å²) < 4.78 is 26.8. The smallest absolute Gasteiger partial charge is 0.258 e. The SMILES string of the molecule is C=Cc1nonc1NC(=O)c1ccc(Cl)c(N=S2(=O)CCOCC2)c1Cl. The minimum absolute atomic E-state index is 0.000763. The molecule has 2 aromatic rings. The van der Waals surface area contributed by atoms with Gasteiger partial charge in [-0.05, 0) is 28.5 Å². The third kappa shape index (κ3) is 3.90. The molecule has 0 saturated carbocycles. The topological polar surface area (TPSA) is 107 Å². The summed E-state index contributed by atoms with van der Waals surface area (Å²) in [6, 6.07) is 2.91. The van der Waals surface area contributed by atoms with E-state index in [4.69, 9.17) is 27.9 Å². The summed E-state index contributed by atoms with van der Waals surface area (Å²) in [5.41, 5.74) is 0.497. The van der Waals surface area contributed by atoms with Gasteiger partial charge in [-0.3, -0.25) is 4.79 Å². The lowest BCUT2D eigenvalue weighted by molar-refractivity contribution is 0.102. The monoisotopic (exact) mass is 416 g/mol. The summed E-state index contributed by atoms with van der Waals surface area (Å²) in [6.45, 7) is 4.24. The number of anilines is 1. The number of nitrogens with one attached hydrogen (secondary N) is 1. The van der Waals surface area contributed by atoms with Crippen LogP contribution in [0.2, 0.25) is 10.0 Å². The Morgan fingerprint density at radius 2 is 2.04 bits per heavy atom. The summed E-state index contributed by atoms with van der Waals surface area (Å²) in [4.78, 5) is 12.5. The van der Waals surface area contributed by atoms with Crippen LogP contribution in [0.4, 0.5) is 11.5 Å². The average Bonchev–Trinajstić information content (AvgIpc) is 3.06. The molecule has 3 rings (SSSR count). The number of halogens is 2. The van der Waals surface area contributed by atoms with Crippen LogP contribution in [0.15, 0.2) is 27.7 Å². The molecule has 2 heterocycles. The maximum Gasteiger partial charge on any atom is 0.258 e. The molecule has 26 heavy (non-hydrogen) atoms. The molecule has 0 aliphatic carbocycles. The number of nitrogens with zero attached hydrogens (tertiary/aromatic N) is 3. The van der Waals surface area contributed by atoms with Crippen LogP contribution in [0, 0.1) is 0 Å². The number of amides is 1. The molecule has 0 bridgehead atoms. The minimum Gasteiger partial charge on any atom is -0.379 e. The Morgan fingerprint density at radius 3 is 2.73 bits per heavy atom. The van der Waals surface area contributed by atoms with Crippen molar-refractivity contribution in [3.05, 3.63) is 40.0 Å². The lowest BCUT2D eigenvalue weighted by atomic mass is 10.2. The number of aromatic nitrogens is 2. The number of rotatable bonds is 4. The molecular formula is C15H14Cl2N4O4S. The normalized spacial score (nSPS) is 16.1. The van der Waals surface area contributed by atoms with Crippen molar-refractivity contribution in [2.45, 2.75) is 0 Å². The Bertz CT molecular complexity index is 970. The van der Waals surface area contributed by atoms with Crippen LogP contribution in [-0.4, -0.2) is 45.1 Å². The van der Waals surface area contributed by atoms with Crippen molar-refractivity contribution in [2.75, 3.05) is 30.0 Å². The molecule has 11 heteroatoms. The molecule has 1 fully saturated rings. The van der Waals surface area contributed by atoms with E-state index in [0.717, 1.165) is 0 Å². The first kappa shape index (κ1) is 18.8. The van der Waals surface area contributed by atoms with Crippen LogP contribution in [0.3, 0.4) is 0 Å². The van der Waals surface area contributed by atoms with Crippen LogP contribution in [-0.2, 0) is 14.5 Å². The molecule has 1 N–H and O–H groups in total. The van der Waals surface area contributed by atoms with Crippen molar-refractivity contribution < 1.29 is 18.4 Å². The minimum atomic E-state index is -2.54. The number of hydrogen-bond acceptors (Lipinski definition) is 7. The van der Waals surface area contributed by atoms with Crippen molar-refractivity contribution in [1.82, 2.24) is 10.3 Å². The highest BCUT2D eigenvalue weighted by molar-refractivity contribution is 7.93. The van der Waals surface area contributed by atoms with Gasteiger partial charge < -0.3 is 10.1 Å². The average molecular weight is 417 g/mol. The van der Waals surface area contributed by atoms with E-state index in [0.29, 0.717) is 13.2 Å². The molecule has 1 aliphatic heterocycles. The molecule has 1 aromatic heterocycles. The van der Waals surface area contributed by atoms with E-state index in [1.807, 2.05) is 0 Å². The highest BCUT2D eigenvalue weighted by Gasteiger charge is 2.21. The summed E-state index contributed by atoms with van der Waals surface area (Å²) in [7, 11) is -2.54. The first-order valence-electron chi connectivity index (χ1n) is 7.48. The summed E-state index contributed by atoms with van der Waals surface area (Å²) >= 11 is 12.5. The highest BCUT2D eigenvalue weighted by Crippen LogP contribution is 2.37. The van der Waals surface area contributed by atoms with E-state index in [1.54, 1.807) is 0 Å². The van der Waals surface area contributed by atoms with Gasteiger partial charge in [-0.2, -0.15) is 4.36 Å². The van der Waals surface area contributed by atoms with E-state index in [2.05, 4.69) is 31.2 Å². The Kier molecular flexibility index (Phi) is 5.61. The predicted molar refractivity (Wildman–Crippen MR) is 99.6 cm³/mol. The van der Waals surface area contributed by atoms with Crippen molar-refractivity contribution in [1.29, 1.82) is 0 Å². The van der Waals surface area contributed by atoms with Gasteiger partial charge in [0.1, 0.15) is 5.69 Å². The third-order valence-corrected chi connectivity index (χ3v) is 6.41. The predicted octanol–water partition coefficient (Wildman–Crippen LogP) is 3.40. The van der Waals surface area contributed by atoms with Crippen molar-refractivity contribution in [2.24, 2.45) is 4.36 Å². The van der Waals surface area contributed by atoms with Gasteiger partial charge in [0, 0.05) is 0 Å². The lowest BCUT2D eigenvalue weighted by Gasteiger charge is -2.17. The van der Waals surface area contributed by atoms with E-state index >= 15 is 0 Å².